The van der Waals surface area contributed by atoms with Crippen molar-refractivity contribution in [3.63, 3.8) is 0 Å². The lowest BCUT2D eigenvalue weighted by Gasteiger charge is -2.08. The number of aryl methyl sites for hydroxylation is 1. The molecule has 2 heterocycles. The van der Waals surface area contributed by atoms with E-state index >= 15 is 0 Å². The summed E-state index contributed by atoms with van der Waals surface area (Å²) in [4.78, 5) is 28.3. The Morgan fingerprint density at radius 3 is 2.80 bits per heavy atom. The Kier molecular flexibility index (Phi) is 5.00. The van der Waals surface area contributed by atoms with Crippen LogP contribution in [0.15, 0.2) is 53.3 Å². The van der Waals surface area contributed by atoms with Crippen molar-refractivity contribution < 1.29 is 14.3 Å². The van der Waals surface area contributed by atoms with Crippen molar-refractivity contribution in [1.82, 2.24) is 9.38 Å². The number of hydrogen-bond acceptors (Lipinski definition) is 5. The molecule has 1 aromatic carbocycles. The molecule has 0 aliphatic carbocycles. The van der Waals surface area contributed by atoms with Crippen molar-refractivity contribution in [3.8, 4) is 5.75 Å². The number of hydrogen-bond donors (Lipinski definition) is 0. The van der Waals surface area contributed by atoms with Crippen molar-refractivity contribution in [3.05, 3.63) is 75.3 Å². The zero-order valence-corrected chi connectivity index (χ0v) is 14.2. The molecule has 0 aliphatic heterocycles. The molecule has 0 bridgehead atoms. The van der Waals surface area contributed by atoms with E-state index in [0.29, 0.717) is 22.1 Å². The van der Waals surface area contributed by atoms with Crippen LogP contribution in [0.3, 0.4) is 0 Å². The maximum absolute atomic E-state index is 12.2. The van der Waals surface area contributed by atoms with Gasteiger partial charge in [0, 0.05) is 16.8 Å². The lowest BCUT2D eigenvalue weighted by molar-refractivity contribution is -0.147. The van der Waals surface area contributed by atoms with E-state index in [9.17, 15) is 9.59 Å². The molecule has 0 unspecified atom stereocenters. The molecule has 0 saturated carbocycles. The molecule has 3 rings (SSSR count). The first kappa shape index (κ1) is 17.0. The van der Waals surface area contributed by atoms with Crippen LogP contribution in [-0.4, -0.2) is 22.0 Å². The second kappa shape index (κ2) is 7.36. The zero-order chi connectivity index (χ0) is 17.8. The van der Waals surface area contributed by atoms with Gasteiger partial charge in [-0.1, -0.05) is 23.7 Å². The quantitative estimate of drug-likeness (QED) is 0.656. The van der Waals surface area contributed by atoms with Crippen LogP contribution in [0.4, 0.5) is 0 Å². The smallest absolute Gasteiger partial charge is 0.344 e. The molecule has 3 aromatic rings. The first-order valence-electron chi connectivity index (χ1n) is 7.55. The van der Waals surface area contributed by atoms with Crippen LogP contribution in [0, 0.1) is 6.92 Å². The fourth-order valence-electron chi connectivity index (χ4n) is 2.33. The van der Waals surface area contributed by atoms with Crippen molar-refractivity contribution >= 4 is 23.2 Å². The van der Waals surface area contributed by atoms with Crippen LogP contribution in [0.1, 0.15) is 11.4 Å². The predicted octanol–water partition coefficient (Wildman–Crippen LogP) is 2.78. The van der Waals surface area contributed by atoms with E-state index < -0.39 is 5.97 Å². The van der Waals surface area contributed by atoms with Gasteiger partial charge in [0.1, 0.15) is 18.0 Å². The summed E-state index contributed by atoms with van der Waals surface area (Å²) in [6.45, 7) is 1.46. The van der Waals surface area contributed by atoms with E-state index in [1.54, 1.807) is 30.3 Å². The van der Waals surface area contributed by atoms with E-state index in [1.807, 2.05) is 19.1 Å². The van der Waals surface area contributed by atoms with E-state index in [0.717, 1.165) is 5.69 Å². The molecule has 0 radical (unpaired) electrons. The van der Waals surface area contributed by atoms with Crippen LogP contribution < -0.4 is 10.3 Å². The monoisotopic (exact) mass is 358 g/mol. The number of nitrogens with zero attached hydrogens (tertiary/aromatic N) is 2. The van der Waals surface area contributed by atoms with Gasteiger partial charge < -0.3 is 9.47 Å². The second-order valence-corrected chi connectivity index (χ2v) is 5.79. The molecule has 25 heavy (non-hydrogen) atoms. The molecule has 6 nitrogen and oxygen atoms in total. The Labute approximate surface area is 148 Å². The van der Waals surface area contributed by atoms with Gasteiger partial charge in [0.15, 0.2) is 6.61 Å². The summed E-state index contributed by atoms with van der Waals surface area (Å²) < 4.78 is 11.9. The fraction of sp³-hybridized carbons (Fsp3) is 0.167. The Balaban J connectivity index is 1.62. The molecule has 0 saturated heterocycles. The number of pyridine rings is 1. The van der Waals surface area contributed by atoms with Crippen molar-refractivity contribution in [2.24, 2.45) is 0 Å². The van der Waals surface area contributed by atoms with Crippen molar-refractivity contribution in [1.29, 1.82) is 0 Å². The van der Waals surface area contributed by atoms with Gasteiger partial charge in [0.2, 0.25) is 0 Å². The van der Waals surface area contributed by atoms with Crippen molar-refractivity contribution in [2.75, 3.05) is 6.61 Å². The second-order valence-electron chi connectivity index (χ2n) is 5.35. The number of carbonyl (C=O) groups is 1. The molecule has 0 spiro atoms. The largest absolute Gasteiger partial charge is 0.482 e. The summed E-state index contributed by atoms with van der Waals surface area (Å²) in [5.74, 6) is -0.0896. The Morgan fingerprint density at radius 1 is 1.20 bits per heavy atom. The highest BCUT2D eigenvalue weighted by atomic mass is 35.5. The van der Waals surface area contributed by atoms with E-state index in [1.165, 1.54) is 10.5 Å². The molecule has 0 aliphatic rings. The van der Waals surface area contributed by atoms with Crippen molar-refractivity contribution in [2.45, 2.75) is 13.5 Å². The zero-order valence-electron chi connectivity index (χ0n) is 13.4. The highest BCUT2D eigenvalue weighted by Crippen LogP contribution is 2.17. The highest BCUT2D eigenvalue weighted by Gasteiger charge is 2.08. The Morgan fingerprint density at radius 2 is 2.00 bits per heavy atom. The number of fused-ring (bicyclic) bond motifs is 1. The van der Waals surface area contributed by atoms with Crippen LogP contribution in [-0.2, 0) is 16.1 Å². The summed E-state index contributed by atoms with van der Waals surface area (Å²) >= 11 is 5.84. The van der Waals surface area contributed by atoms with Crippen LogP contribution in [0.5, 0.6) is 5.75 Å². The molecule has 7 heteroatoms. The van der Waals surface area contributed by atoms with Gasteiger partial charge in [-0.25, -0.2) is 9.78 Å². The third-order valence-corrected chi connectivity index (χ3v) is 3.70. The minimum Gasteiger partial charge on any atom is -0.482 e. The van der Waals surface area contributed by atoms with Gasteiger partial charge in [-0.05, 0) is 37.3 Å². The molecular weight excluding hydrogens is 344 g/mol. The molecule has 0 atom stereocenters. The average Bonchev–Trinajstić information content (AvgIpc) is 2.58. The molecular formula is C18H15ClN2O4. The number of ether oxygens (including phenoxy) is 2. The molecule has 128 valence electrons. The normalized spacial score (nSPS) is 10.6. The number of rotatable bonds is 5. The highest BCUT2D eigenvalue weighted by molar-refractivity contribution is 6.30. The first-order chi connectivity index (χ1) is 12.0. The maximum atomic E-state index is 12.2. The summed E-state index contributed by atoms with van der Waals surface area (Å²) in [5, 5.41) is 0.516. The summed E-state index contributed by atoms with van der Waals surface area (Å²) in [5.41, 5.74) is 1.46. The number of esters is 1. The Hall–Kier alpha value is -2.86. The van der Waals surface area contributed by atoms with Crippen LogP contribution in [0.2, 0.25) is 5.02 Å². The third kappa shape index (κ3) is 4.16. The third-order valence-electron chi connectivity index (χ3n) is 3.47. The van der Waals surface area contributed by atoms with Gasteiger partial charge in [0.25, 0.3) is 5.56 Å². The standard InChI is InChI=1S/C18H15ClN2O4/c1-12-4-2-7-16-20-14(9-17(22)21(12)16)10-25-18(23)11-24-15-6-3-5-13(19)8-15/h2-9H,10-11H2,1H3. The van der Waals surface area contributed by atoms with Gasteiger partial charge in [0.05, 0.1) is 5.69 Å². The van der Waals surface area contributed by atoms with Gasteiger partial charge in [-0.3, -0.25) is 9.20 Å². The summed E-state index contributed by atoms with van der Waals surface area (Å²) in [6, 6.07) is 13.4. The SMILES string of the molecule is Cc1cccc2nc(COC(=O)COc3cccc(Cl)c3)cc(=O)n12. The molecule has 0 N–H and O–H groups in total. The minimum atomic E-state index is -0.564. The van der Waals surface area contributed by atoms with Gasteiger partial charge >= 0.3 is 5.97 Å². The Bertz CT molecular complexity index is 984. The molecule has 0 fully saturated rings. The van der Waals surface area contributed by atoms with E-state index in [2.05, 4.69) is 4.98 Å². The number of aromatic nitrogens is 2. The minimum absolute atomic E-state index is 0.0998. The van der Waals surface area contributed by atoms with Gasteiger partial charge in [-0.15, -0.1) is 0 Å². The number of halogens is 1. The lowest BCUT2D eigenvalue weighted by atomic mass is 10.3. The molecule has 0 amide bonds. The number of benzene rings is 1. The van der Waals surface area contributed by atoms with E-state index in [-0.39, 0.29) is 18.8 Å². The predicted molar refractivity (Wildman–Crippen MR) is 92.9 cm³/mol. The number of carbonyl (C=O) groups excluding carboxylic acids is 1. The maximum Gasteiger partial charge on any atom is 0.344 e. The fourth-order valence-corrected chi connectivity index (χ4v) is 2.51. The molecule has 2 aromatic heterocycles. The first-order valence-corrected chi connectivity index (χ1v) is 7.93. The topological polar surface area (TPSA) is 69.9 Å². The van der Waals surface area contributed by atoms with Crippen LogP contribution >= 0.6 is 11.6 Å². The lowest BCUT2D eigenvalue weighted by Crippen LogP contribution is -2.19. The van der Waals surface area contributed by atoms with E-state index in [4.69, 9.17) is 21.1 Å². The average molecular weight is 359 g/mol. The van der Waals surface area contributed by atoms with Gasteiger partial charge in [-0.2, -0.15) is 0 Å². The summed E-state index contributed by atoms with van der Waals surface area (Å²) in [7, 11) is 0. The summed E-state index contributed by atoms with van der Waals surface area (Å²) in [6.07, 6.45) is 0. The van der Waals surface area contributed by atoms with Crippen LogP contribution in [0.25, 0.3) is 5.65 Å².